The van der Waals surface area contributed by atoms with Gasteiger partial charge in [0.15, 0.2) is 0 Å². The zero-order valence-corrected chi connectivity index (χ0v) is 14.4. The number of rotatable bonds is 7. The third-order valence-electron chi connectivity index (χ3n) is 3.84. The van der Waals surface area contributed by atoms with Crippen LogP contribution in [0.3, 0.4) is 0 Å². The van der Waals surface area contributed by atoms with Gasteiger partial charge >= 0.3 is 0 Å². The van der Waals surface area contributed by atoms with Gasteiger partial charge in [-0.2, -0.15) is 0 Å². The molecule has 0 fully saturated rings. The lowest BCUT2D eigenvalue weighted by Crippen LogP contribution is -2.36. The number of hydrogen-bond acceptors (Lipinski definition) is 3. The predicted octanol–water partition coefficient (Wildman–Crippen LogP) is 3.81. The van der Waals surface area contributed by atoms with Crippen LogP contribution in [0, 0.1) is 6.92 Å². The highest BCUT2D eigenvalue weighted by atomic mass is 16.5. The third kappa shape index (κ3) is 6.06. The fourth-order valence-corrected chi connectivity index (χ4v) is 2.01. The van der Waals surface area contributed by atoms with Gasteiger partial charge < -0.3 is 15.2 Å². The minimum Gasteiger partial charge on any atom is -0.490 e. The van der Waals surface area contributed by atoms with Gasteiger partial charge in [-0.3, -0.25) is 0 Å². The Hall–Kier alpha value is -1.06. The van der Waals surface area contributed by atoms with Crippen molar-refractivity contribution in [3.05, 3.63) is 29.3 Å². The number of benzene rings is 1. The first-order chi connectivity index (χ1) is 9.69. The van der Waals surface area contributed by atoms with E-state index >= 15 is 0 Å². The molecule has 0 spiro atoms. The molecule has 0 saturated carbocycles. The van der Waals surface area contributed by atoms with Gasteiger partial charge in [0, 0.05) is 17.6 Å². The molecular formula is C18H31NO2. The van der Waals surface area contributed by atoms with Crippen molar-refractivity contribution in [2.75, 3.05) is 6.61 Å². The van der Waals surface area contributed by atoms with Gasteiger partial charge in [-0.1, -0.05) is 31.5 Å². The minimum atomic E-state index is -0.736. The summed E-state index contributed by atoms with van der Waals surface area (Å²) in [5.74, 6) is 0.859. The molecule has 2 N–H and O–H groups in total. The number of nitrogens with one attached hydrogen (secondary N) is 1. The van der Waals surface area contributed by atoms with E-state index < -0.39 is 5.60 Å². The minimum absolute atomic E-state index is 0.0641. The number of aliphatic hydroxyl groups is 1. The Morgan fingerprint density at radius 1 is 1.14 bits per heavy atom. The second kappa shape index (κ2) is 7.28. The highest BCUT2D eigenvalue weighted by Crippen LogP contribution is 2.23. The molecular weight excluding hydrogens is 262 g/mol. The molecule has 0 aromatic heterocycles. The molecule has 21 heavy (non-hydrogen) atoms. The molecule has 0 aliphatic carbocycles. The molecule has 0 unspecified atom stereocenters. The number of hydrogen-bond donors (Lipinski definition) is 2. The maximum absolute atomic E-state index is 10.4. The lowest BCUT2D eigenvalue weighted by atomic mass is 9.99. The standard InChI is InChI=1S/C18H31NO2/c1-7-18(20,8-2)13-21-16-10-9-14(3)11-15(16)12-19-17(4,5)6/h9-11,19-20H,7-8,12-13H2,1-6H3. The Bertz CT molecular complexity index is 445. The highest BCUT2D eigenvalue weighted by Gasteiger charge is 2.23. The van der Waals surface area contributed by atoms with E-state index in [9.17, 15) is 5.11 Å². The molecule has 0 saturated heterocycles. The summed E-state index contributed by atoms with van der Waals surface area (Å²) in [7, 11) is 0. The highest BCUT2D eigenvalue weighted by molar-refractivity contribution is 5.37. The van der Waals surface area contributed by atoms with E-state index in [1.165, 1.54) is 5.56 Å². The fourth-order valence-electron chi connectivity index (χ4n) is 2.01. The quantitative estimate of drug-likeness (QED) is 0.803. The van der Waals surface area contributed by atoms with E-state index in [2.05, 4.69) is 39.1 Å². The predicted molar refractivity (Wildman–Crippen MR) is 88.8 cm³/mol. The summed E-state index contributed by atoms with van der Waals surface area (Å²) >= 11 is 0. The largest absolute Gasteiger partial charge is 0.490 e. The molecule has 0 aliphatic heterocycles. The van der Waals surface area contributed by atoms with Crippen LogP contribution in [0.15, 0.2) is 18.2 Å². The smallest absolute Gasteiger partial charge is 0.123 e. The lowest BCUT2D eigenvalue weighted by molar-refractivity contribution is -0.0116. The van der Waals surface area contributed by atoms with Gasteiger partial charge in [-0.25, -0.2) is 0 Å². The number of aryl methyl sites for hydroxylation is 1. The summed E-state index contributed by atoms with van der Waals surface area (Å²) in [5, 5.41) is 13.8. The van der Waals surface area contributed by atoms with Crippen molar-refractivity contribution in [3.63, 3.8) is 0 Å². The molecule has 0 amide bonds. The van der Waals surface area contributed by atoms with Crippen LogP contribution < -0.4 is 10.1 Å². The molecule has 0 aliphatic rings. The van der Waals surface area contributed by atoms with Crippen molar-refractivity contribution >= 4 is 0 Å². The van der Waals surface area contributed by atoms with Crippen LogP contribution in [-0.2, 0) is 6.54 Å². The average Bonchev–Trinajstić information content (AvgIpc) is 2.43. The van der Waals surface area contributed by atoms with E-state index in [1.807, 2.05) is 26.0 Å². The lowest BCUT2D eigenvalue weighted by Gasteiger charge is -2.26. The van der Waals surface area contributed by atoms with Crippen LogP contribution in [0.25, 0.3) is 0 Å². The Morgan fingerprint density at radius 2 is 1.76 bits per heavy atom. The maximum atomic E-state index is 10.4. The van der Waals surface area contributed by atoms with Crippen LogP contribution in [0.4, 0.5) is 0 Å². The van der Waals surface area contributed by atoms with Crippen molar-refractivity contribution in [1.82, 2.24) is 5.32 Å². The van der Waals surface area contributed by atoms with Crippen LogP contribution in [0.1, 0.15) is 58.6 Å². The first-order valence-electron chi connectivity index (χ1n) is 7.89. The zero-order valence-electron chi connectivity index (χ0n) is 14.4. The van der Waals surface area contributed by atoms with Crippen molar-refractivity contribution in [3.8, 4) is 5.75 Å². The van der Waals surface area contributed by atoms with Gasteiger partial charge in [-0.15, -0.1) is 0 Å². The van der Waals surface area contributed by atoms with E-state index in [4.69, 9.17) is 4.74 Å². The molecule has 0 atom stereocenters. The normalized spacial score (nSPS) is 12.5. The van der Waals surface area contributed by atoms with E-state index in [0.29, 0.717) is 19.4 Å². The van der Waals surface area contributed by atoms with Crippen molar-refractivity contribution in [2.24, 2.45) is 0 Å². The number of ether oxygens (including phenoxy) is 1. The monoisotopic (exact) mass is 293 g/mol. The summed E-state index contributed by atoms with van der Waals surface area (Å²) < 4.78 is 5.91. The Kier molecular flexibility index (Phi) is 6.24. The van der Waals surface area contributed by atoms with Crippen molar-refractivity contribution < 1.29 is 9.84 Å². The molecule has 3 heteroatoms. The average molecular weight is 293 g/mol. The first kappa shape index (κ1) is 18.0. The summed E-state index contributed by atoms with van der Waals surface area (Å²) in [6.07, 6.45) is 1.40. The molecule has 3 nitrogen and oxygen atoms in total. The van der Waals surface area contributed by atoms with Crippen LogP contribution in [-0.4, -0.2) is 22.9 Å². The topological polar surface area (TPSA) is 41.5 Å². The van der Waals surface area contributed by atoms with E-state index in [1.54, 1.807) is 0 Å². The van der Waals surface area contributed by atoms with Gasteiger partial charge in [0.2, 0.25) is 0 Å². The van der Waals surface area contributed by atoms with Crippen LogP contribution in [0.5, 0.6) is 5.75 Å². The van der Waals surface area contributed by atoms with Gasteiger partial charge in [0.1, 0.15) is 12.4 Å². The maximum Gasteiger partial charge on any atom is 0.123 e. The van der Waals surface area contributed by atoms with Gasteiger partial charge in [0.25, 0.3) is 0 Å². The third-order valence-corrected chi connectivity index (χ3v) is 3.84. The van der Waals surface area contributed by atoms with Crippen LogP contribution in [0.2, 0.25) is 0 Å². The SMILES string of the molecule is CCC(O)(CC)COc1ccc(C)cc1CNC(C)(C)C. The molecule has 1 aromatic carbocycles. The summed E-state index contributed by atoms with van der Waals surface area (Å²) in [6, 6.07) is 6.19. The van der Waals surface area contributed by atoms with Crippen LogP contribution >= 0.6 is 0 Å². The van der Waals surface area contributed by atoms with Crippen molar-refractivity contribution in [2.45, 2.75) is 72.1 Å². The Balaban J connectivity index is 2.82. The molecule has 0 heterocycles. The molecule has 1 aromatic rings. The molecule has 120 valence electrons. The molecule has 1 rings (SSSR count). The second-order valence-corrected chi connectivity index (χ2v) is 6.93. The van der Waals surface area contributed by atoms with Crippen molar-refractivity contribution in [1.29, 1.82) is 0 Å². The summed E-state index contributed by atoms with van der Waals surface area (Å²) in [6.45, 7) is 13.6. The summed E-state index contributed by atoms with van der Waals surface area (Å²) in [5.41, 5.74) is 1.68. The zero-order chi connectivity index (χ0) is 16.1. The van der Waals surface area contributed by atoms with E-state index in [0.717, 1.165) is 17.9 Å². The molecule has 0 bridgehead atoms. The fraction of sp³-hybridized carbons (Fsp3) is 0.667. The second-order valence-electron chi connectivity index (χ2n) is 6.93. The first-order valence-corrected chi connectivity index (χ1v) is 7.89. The Labute approximate surface area is 129 Å². The van der Waals surface area contributed by atoms with E-state index in [-0.39, 0.29) is 5.54 Å². The Morgan fingerprint density at radius 3 is 2.29 bits per heavy atom. The van der Waals surface area contributed by atoms with Gasteiger partial charge in [0.05, 0.1) is 5.60 Å². The van der Waals surface area contributed by atoms with Gasteiger partial charge in [-0.05, 0) is 46.6 Å². The molecule has 0 radical (unpaired) electrons. The summed E-state index contributed by atoms with van der Waals surface area (Å²) in [4.78, 5) is 0.